The monoisotopic (exact) mass is 319 g/mol. The molecule has 1 aromatic carbocycles. The van der Waals surface area contributed by atoms with Crippen LogP contribution in [0.25, 0.3) is 0 Å². The Morgan fingerprint density at radius 2 is 1.64 bits per heavy atom. The Hall–Kier alpha value is -2.09. The number of nitrogens with one attached hydrogen (secondary N) is 1. The molecule has 0 spiro atoms. The number of carboxylic acids is 1. The molecule has 22 heavy (non-hydrogen) atoms. The van der Waals surface area contributed by atoms with E-state index in [1.54, 1.807) is 13.8 Å². The van der Waals surface area contributed by atoms with E-state index in [4.69, 9.17) is 5.11 Å². The van der Waals surface area contributed by atoms with E-state index >= 15 is 0 Å². The number of aliphatic carboxylic acids is 1. The summed E-state index contributed by atoms with van der Waals surface area (Å²) in [5, 5.41) is 20.9. The average Bonchev–Trinajstić information content (AvgIpc) is 2.42. The molecule has 0 radical (unpaired) electrons. The van der Waals surface area contributed by atoms with Crippen molar-refractivity contribution >= 4 is 11.9 Å². The second-order valence-corrected chi connectivity index (χ2v) is 5.09. The van der Waals surface area contributed by atoms with Crippen LogP contribution in [-0.4, -0.2) is 28.1 Å². The normalized spacial score (nSPS) is 14.5. The van der Waals surface area contributed by atoms with Crippen molar-refractivity contribution in [3.8, 4) is 0 Å². The first-order valence-corrected chi connectivity index (χ1v) is 6.42. The van der Waals surface area contributed by atoms with Gasteiger partial charge in [0.2, 0.25) is 0 Å². The Bertz CT molecular complexity index is 540. The molecule has 0 heterocycles. The summed E-state index contributed by atoms with van der Waals surface area (Å²) in [5.41, 5.74) is -0.965. The van der Waals surface area contributed by atoms with Gasteiger partial charge in [-0.1, -0.05) is 26.0 Å². The number of rotatable bonds is 5. The number of alkyl halides is 3. The Morgan fingerprint density at radius 3 is 2.00 bits per heavy atom. The van der Waals surface area contributed by atoms with Gasteiger partial charge in [-0.05, 0) is 23.6 Å². The van der Waals surface area contributed by atoms with Crippen molar-refractivity contribution in [1.82, 2.24) is 5.32 Å². The van der Waals surface area contributed by atoms with Crippen LogP contribution in [0.2, 0.25) is 0 Å². The van der Waals surface area contributed by atoms with Crippen LogP contribution >= 0.6 is 0 Å². The maximum Gasteiger partial charge on any atom is 0.416 e. The lowest BCUT2D eigenvalue weighted by Crippen LogP contribution is -2.46. The van der Waals surface area contributed by atoms with Crippen molar-refractivity contribution in [1.29, 1.82) is 0 Å². The van der Waals surface area contributed by atoms with Gasteiger partial charge in [0, 0.05) is 0 Å². The molecule has 2 atom stereocenters. The Morgan fingerprint density at radius 1 is 1.14 bits per heavy atom. The number of carbonyl (C=O) groups is 2. The molecule has 0 aromatic heterocycles. The number of hydrogen-bond donors (Lipinski definition) is 3. The summed E-state index contributed by atoms with van der Waals surface area (Å²) in [6.07, 6.45) is -6.26. The Balaban J connectivity index is 2.85. The van der Waals surface area contributed by atoms with Crippen LogP contribution in [0.3, 0.4) is 0 Å². The van der Waals surface area contributed by atoms with Gasteiger partial charge < -0.3 is 15.5 Å². The maximum absolute atomic E-state index is 12.4. The Kier molecular flexibility index (Phi) is 5.54. The molecule has 122 valence electrons. The fourth-order valence-electron chi connectivity index (χ4n) is 1.75. The minimum Gasteiger partial charge on any atom is -0.480 e. The number of aliphatic hydroxyl groups excluding tert-OH is 1. The summed E-state index contributed by atoms with van der Waals surface area (Å²) in [4.78, 5) is 22.8. The van der Waals surface area contributed by atoms with Crippen molar-refractivity contribution < 1.29 is 33.0 Å². The molecule has 0 unspecified atom stereocenters. The highest BCUT2D eigenvalue weighted by atomic mass is 19.4. The van der Waals surface area contributed by atoms with E-state index < -0.39 is 41.7 Å². The number of halogens is 3. The van der Waals surface area contributed by atoms with Crippen molar-refractivity contribution in [2.45, 2.75) is 32.2 Å². The SMILES string of the molecule is CC(C)[C@@H](NC(=O)[C@@H](O)c1ccc(C(F)(F)F)cc1)C(=O)O. The zero-order chi connectivity index (χ0) is 17.1. The quantitative estimate of drug-likeness (QED) is 0.774. The first kappa shape index (κ1) is 18.0. The number of hydrogen-bond acceptors (Lipinski definition) is 3. The molecular formula is C14H16F3NO4. The maximum atomic E-state index is 12.4. The average molecular weight is 319 g/mol. The van der Waals surface area contributed by atoms with Crippen LogP contribution in [0.4, 0.5) is 13.2 Å². The van der Waals surface area contributed by atoms with Crippen molar-refractivity contribution in [2.75, 3.05) is 0 Å². The third-order valence-corrected chi connectivity index (χ3v) is 3.03. The molecule has 3 N–H and O–H groups in total. The highest BCUT2D eigenvalue weighted by Gasteiger charge is 2.31. The largest absolute Gasteiger partial charge is 0.480 e. The minimum absolute atomic E-state index is 0.0570. The van der Waals surface area contributed by atoms with Gasteiger partial charge in [-0.3, -0.25) is 4.79 Å². The summed E-state index contributed by atoms with van der Waals surface area (Å²) < 4.78 is 37.3. The molecule has 1 amide bonds. The van der Waals surface area contributed by atoms with Gasteiger partial charge >= 0.3 is 12.1 Å². The molecule has 0 saturated heterocycles. The van der Waals surface area contributed by atoms with Crippen LogP contribution in [-0.2, 0) is 15.8 Å². The molecule has 5 nitrogen and oxygen atoms in total. The molecule has 1 rings (SSSR count). The van der Waals surface area contributed by atoms with Gasteiger partial charge in [0.05, 0.1) is 5.56 Å². The molecule has 8 heteroatoms. The summed E-state index contributed by atoms with van der Waals surface area (Å²) in [6, 6.07) is 2.22. The zero-order valence-corrected chi connectivity index (χ0v) is 11.9. The number of aliphatic hydroxyl groups is 1. The standard InChI is InChI=1S/C14H16F3NO4/c1-7(2)10(13(21)22)18-12(20)11(19)8-3-5-9(6-4-8)14(15,16)17/h3-7,10-11,19H,1-2H3,(H,18,20)(H,21,22)/t10-,11+/m1/s1. The van der Waals surface area contributed by atoms with E-state index in [-0.39, 0.29) is 5.56 Å². The summed E-state index contributed by atoms with van der Waals surface area (Å²) in [5.74, 6) is -2.66. The summed E-state index contributed by atoms with van der Waals surface area (Å²) >= 11 is 0. The van der Waals surface area contributed by atoms with Crippen molar-refractivity contribution in [2.24, 2.45) is 5.92 Å². The molecular weight excluding hydrogens is 303 g/mol. The third-order valence-electron chi connectivity index (χ3n) is 3.03. The van der Waals surface area contributed by atoms with E-state index in [1.165, 1.54) is 0 Å². The lowest BCUT2D eigenvalue weighted by Gasteiger charge is -2.20. The molecule has 0 aliphatic rings. The van der Waals surface area contributed by atoms with Gasteiger partial charge in [0.25, 0.3) is 5.91 Å². The van der Waals surface area contributed by atoms with E-state index in [0.717, 1.165) is 24.3 Å². The van der Waals surface area contributed by atoms with Crippen LogP contribution < -0.4 is 5.32 Å². The highest BCUT2D eigenvalue weighted by Crippen LogP contribution is 2.29. The van der Waals surface area contributed by atoms with Gasteiger partial charge in [-0.25, -0.2) is 4.79 Å². The second-order valence-electron chi connectivity index (χ2n) is 5.09. The molecule has 1 aromatic rings. The zero-order valence-electron chi connectivity index (χ0n) is 11.9. The number of carbonyl (C=O) groups excluding carboxylic acids is 1. The van der Waals surface area contributed by atoms with E-state index in [9.17, 15) is 27.9 Å². The molecule has 0 aliphatic heterocycles. The molecule has 0 saturated carbocycles. The number of benzene rings is 1. The lowest BCUT2D eigenvalue weighted by atomic mass is 10.0. The van der Waals surface area contributed by atoms with E-state index in [2.05, 4.69) is 5.32 Å². The van der Waals surface area contributed by atoms with Crippen LogP contribution in [0.5, 0.6) is 0 Å². The minimum atomic E-state index is -4.52. The smallest absolute Gasteiger partial charge is 0.416 e. The van der Waals surface area contributed by atoms with Crippen LogP contribution in [0.1, 0.15) is 31.1 Å². The first-order chi connectivity index (χ1) is 10.0. The molecule has 0 aliphatic carbocycles. The first-order valence-electron chi connectivity index (χ1n) is 6.42. The summed E-state index contributed by atoms with van der Waals surface area (Å²) in [7, 11) is 0. The van der Waals surface area contributed by atoms with Crippen molar-refractivity contribution in [3.05, 3.63) is 35.4 Å². The Labute approximate surface area is 124 Å². The van der Waals surface area contributed by atoms with Gasteiger partial charge in [-0.15, -0.1) is 0 Å². The topological polar surface area (TPSA) is 86.6 Å². The van der Waals surface area contributed by atoms with Crippen LogP contribution in [0.15, 0.2) is 24.3 Å². The van der Waals surface area contributed by atoms with Gasteiger partial charge in [0.1, 0.15) is 6.04 Å². The summed E-state index contributed by atoms with van der Waals surface area (Å²) in [6.45, 7) is 3.15. The second kappa shape index (κ2) is 6.78. The fraction of sp³-hybridized carbons (Fsp3) is 0.429. The molecule has 0 fully saturated rings. The van der Waals surface area contributed by atoms with Crippen LogP contribution in [0, 0.1) is 5.92 Å². The predicted octanol–water partition coefficient (Wildman–Crippen LogP) is 1.96. The number of amides is 1. The van der Waals surface area contributed by atoms with Gasteiger partial charge in [0.15, 0.2) is 6.10 Å². The van der Waals surface area contributed by atoms with Gasteiger partial charge in [-0.2, -0.15) is 13.2 Å². The number of carboxylic acid groups (broad SMARTS) is 1. The third kappa shape index (κ3) is 4.45. The lowest BCUT2D eigenvalue weighted by molar-refractivity contribution is -0.144. The predicted molar refractivity (Wildman–Crippen MR) is 70.8 cm³/mol. The fourth-order valence-corrected chi connectivity index (χ4v) is 1.75. The van der Waals surface area contributed by atoms with E-state index in [1.807, 2.05) is 0 Å². The van der Waals surface area contributed by atoms with Crippen molar-refractivity contribution in [3.63, 3.8) is 0 Å². The van der Waals surface area contributed by atoms with E-state index in [0.29, 0.717) is 0 Å². The molecule has 0 bridgehead atoms. The highest BCUT2D eigenvalue weighted by molar-refractivity contribution is 5.87.